The Kier molecular flexibility index (Phi) is 26.1. The molecule has 0 aromatic heterocycles. The summed E-state index contributed by atoms with van der Waals surface area (Å²) >= 11 is 0. The average molecular weight is 1110 g/mol. The Bertz CT molecular complexity index is 2450. The molecule has 0 bridgehead atoms. The number of carboxylic acids is 1. The summed E-state index contributed by atoms with van der Waals surface area (Å²) < 4.78 is 85.9. The molecule has 4 rings (SSSR count). The molecule has 74 heavy (non-hydrogen) atoms. The molecule has 0 aliphatic carbocycles. The van der Waals surface area contributed by atoms with Gasteiger partial charge >= 0.3 is 5.97 Å². The van der Waals surface area contributed by atoms with E-state index < -0.39 is 43.8 Å². The van der Waals surface area contributed by atoms with Crippen molar-refractivity contribution in [2.24, 2.45) is 0 Å². The highest BCUT2D eigenvalue weighted by Crippen LogP contribution is 2.51. The number of ether oxygens (including phenoxy) is 3. The van der Waals surface area contributed by atoms with Crippen LogP contribution in [0.5, 0.6) is 0 Å². The Hall–Kier alpha value is -5.36. The van der Waals surface area contributed by atoms with Gasteiger partial charge in [0.2, 0.25) is 5.69 Å². The minimum Gasteiger partial charge on any atom is -0.501 e. The van der Waals surface area contributed by atoms with Gasteiger partial charge in [-0.05, 0) is 124 Å². The van der Waals surface area contributed by atoms with Crippen molar-refractivity contribution in [1.82, 2.24) is 0 Å². The minimum atomic E-state index is -4.66. The third-order valence-electron chi connectivity index (χ3n) is 10.5. The van der Waals surface area contributed by atoms with Crippen LogP contribution < -0.4 is 4.90 Å². The molecule has 0 amide bonds. The molecule has 1 atom stereocenters. The third-order valence-corrected chi connectivity index (χ3v) is 12.2. The molecule has 1 unspecified atom stereocenters. The number of carboxylic acid groups (broad SMARTS) is 1. The van der Waals surface area contributed by atoms with Crippen molar-refractivity contribution in [1.29, 1.82) is 0 Å². The molecule has 34 heteroatoms. The summed E-state index contributed by atoms with van der Waals surface area (Å²) in [4.78, 5) is 30.9. The summed E-state index contributed by atoms with van der Waals surface area (Å²) in [6.07, 6.45) is 11.5. The maximum atomic E-state index is 12.5. The maximum Gasteiger partial charge on any atom is 0.303 e. The first-order valence-corrected chi connectivity index (χ1v) is 24.1. The Balaban J connectivity index is 1.54. The van der Waals surface area contributed by atoms with Gasteiger partial charge in [0.25, 0.3) is 20.2 Å². The monoisotopic (exact) mass is 1110 g/mol. The summed E-state index contributed by atoms with van der Waals surface area (Å²) in [6.45, 7) is 5.31. The second-order valence-electron chi connectivity index (χ2n) is 15.4. The van der Waals surface area contributed by atoms with Gasteiger partial charge in [-0.25, -0.2) is 0 Å². The fraction of sp³-hybridized carbons (Fsp3) is 0.450. The molecule has 2 aromatic rings. The zero-order chi connectivity index (χ0) is 53.9. The molecule has 32 nitrogen and oxygen atoms in total. The third kappa shape index (κ3) is 19.4. The molecular formula is C40H53N2O30S2+. The van der Waals surface area contributed by atoms with E-state index in [1.165, 1.54) is 44.6 Å². The van der Waals surface area contributed by atoms with Crippen molar-refractivity contribution in [2.75, 3.05) is 52.2 Å². The second kappa shape index (κ2) is 31.5. The summed E-state index contributed by atoms with van der Waals surface area (Å²) in [5.41, 5.74) is 1.63. The molecule has 0 radical (unpaired) electrons. The number of hydrogen-bond donors (Lipinski definition) is 3. The van der Waals surface area contributed by atoms with Crippen LogP contribution >= 0.6 is 0 Å². The fourth-order valence-corrected chi connectivity index (χ4v) is 8.42. The minimum absolute atomic E-state index is 0.0324. The van der Waals surface area contributed by atoms with Crippen LogP contribution in [0.2, 0.25) is 0 Å². The molecule has 0 fully saturated rings. The number of unbranched alkanes of at least 4 members (excludes halogenated alkanes) is 2. The number of nitrogens with zero attached hydrogens (tertiary/aromatic N) is 2. The van der Waals surface area contributed by atoms with E-state index in [-0.39, 0.29) is 36.0 Å². The van der Waals surface area contributed by atoms with Crippen LogP contribution in [0.15, 0.2) is 95.2 Å². The Morgan fingerprint density at radius 3 is 1.80 bits per heavy atom. The lowest BCUT2D eigenvalue weighted by atomic mass is 9.77. The first kappa shape index (κ1) is 61.2. The van der Waals surface area contributed by atoms with E-state index >= 15 is 0 Å². The van der Waals surface area contributed by atoms with Crippen molar-refractivity contribution in [3.05, 3.63) is 96.5 Å². The van der Waals surface area contributed by atoms with Gasteiger partial charge in [0.05, 0.1) is 29.4 Å². The van der Waals surface area contributed by atoms with Crippen LogP contribution in [0.3, 0.4) is 0 Å². The number of fused-ring (bicyclic) bond motifs is 2. The predicted octanol–water partition coefficient (Wildman–Crippen LogP) is 5.28. The van der Waals surface area contributed by atoms with Crippen molar-refractivity contribution in [2.45, 2.75) is 79.9 Å². The Morgan fingerprint density at radius 1 is 0.662 bits per heavy atom. The smallest absolute Gasteiger partial charge is 0.303 e. The Morgan fingerprint density at radius 2 is 1.22 bits per heavy atom. The van der Waals surface area contributed by atoms with E-state index in [2.05, 4.69) is 99.7 Å². The number of anilines is 1. The van der Waals surface area contributed by atoms with Crippen molar-refractivity contribution >= 4 is 43.3 Å². The summed E-state index contributed by atoms with van der Waals surface area (Å²) in [7, 11) is -6.56. The molecule has 2 aromatic carbocycles. The van der Waals surface area contributed by atoms with Crippen LogP contribution in [-0.2, 0) is 145 Å². The zero-order valence-corrected chi connectivity index (χ0v) is 41.5. The predicted molar refractivity (Wildman–Crippen MR) is 231 cm³/mol. The number of carbonyl (C=O) groups is 1. The van der Waals surface area contributed by atoms with Crippen LogP contribution in [0, 0.1) is 0 Å². The highest BCUT2D eigenvalue weighted by Gasteiger charge is 2.46. The molecule has 0 saturated carbocycles. The average Bonchev–Trinajstić information content (AvgIpc) is 3.71. The SMILES string of the molecule is CO/C=C\OOOOOOOOOCOCCCC1(C)C(=CC=CC2=[N+](CCOOOOOOOOOO/C=C\OC)c3ccc(S(=O)(=O)O)cc3C2(C)C)N(CCCCCC(=O)O)c2ccc(S(=O)(=O)O)cc21. The van der Waals surface area contributed by atoms with E-state index in [0.717, 1.165) is 25.0 Å². The number of allylic oxidation sites excluding steroid dienone is 4. The van der Waals surface area contributed by atoms with Crippen LogP contribution in [0.25, 0.3) is 0 Å². The topological polar surface area (TPSA) is 355 Å². The van der Waals surface area contributed by atoms with Gasteiger partial charge in [0.1, 0.15) is 19.1 Å². The van der Waals surface area contributed by atoms with Gasteiger partial charge in [-0.1, -0.05) is 12.5 Å². The van der Waals surface area contributed by atoms with Crippen molar-refractivity contribution in [3.8, 4) is 0 Å². The zero-order valence-electron chi connectivity index (χ0n) is 39.9. The number of methoxy groups -OCH3 is 2. The van der Waals surface area contributed by atoms with E-state index in [9.17, 15) is 35.8 Å². The largest absolute Gasteiger partial charge is 0.501 e. The van der Waals surface area contributed by atoms with E-state index in [1.807, 2.05) is 31.7 Å². The van der Waals surface area contributed by atoms with E-state index in [4.69, 9.17) is 9.62 Å². The van der Waals surface area contributed by atoms with Gasteiger partial charge in [0, 0.05) is 94.4 Å². The van der Waals surface area contributed by atoms with Gasteiger partial charge in [-0.3, -0.25) is 13.9 Å². The van der Waals surface area contributed by atoms with Crippen LogP contribution in [0.4, 0.5) is 11.4 Å². The lowest BCUT2D eigenvalue weighted by molar-refractivity contribution is -0.843. The summed E-state index contributed by atoms with van der Waals surface area (Å²) in [5, 5.41) is 69.8. The molecule has 414 valence electrons. The van der Waals surface area contributed by atoms with Gasteiger partial charge < -0.3 is 34.0 Å². The highest BCUT2D eigenvalue weighted by molar-refractivity contribution is 7.86. The number of benzene rings is 2. The van der Waals surface area contributed by atoms with Gasteiger partial charge in [-0.2, -0.15) is 31.2 Å². The maximum absolute atomic E-state index is 12.5. The van der Waals surface area contributed by atoms with Gasteiger partial charge in [0.15, 0.2) is 31.6 Å². The lowest BCUT2D eigenvalue weighted by Crippen LogP contribution is -2.30. The Labute approximate surface area is 420 Å². The van der Waals surface area contributed by atoms with Crippen molar-refractivity contribution < 1.29 is 150 Å². The molecule has 0 saturated heterocycles. The summed E-state index contributed by atoms with van der Waals surface area (Å²) in [6, 6.07) is 8.35. The van der Waals surface area contributed by atoms with E-state index in [0.29, 0.717) is 72.6 Å². The van der Waals surface area contributed by atoms with Crippen molar-refractivity contribution in [3.63, 3.8) is 0 Å². The number of aliphatic carboxylic acids is 1. The quantitative estimate of drug-likeness (QED) is 0.0145. The molecule has 2 heterocycles. The molecule has 2 aliphatic rings. The normalized spacial score (nSPS) is 17.1. The van der Waals surface area contributed by atoms with Crippen LogP contribution in [-0.4, -0.2) is 94.6 Å². The molecule has 3 N–H and O–H groups in total. The molecular weight excluding hydrogens is 1050 g/mol. The fourth-order valence-electron chi connectivity index (χ4n) is 7.41. The molecule has 0 spiro atoms. The summed E-state index contributed by atoms with van der Waals surface area (Å²) in [5.74, 6) is -0.935. The highest BCUT2D eigenvalue weighted by atomic mass is 32.2. The molecule has 2 aliphatic heterocycles. The standard InChI is InChI=1S/C40H52N2O30S2/c1-39(2)32-27-30(73(45,46)47)14-16-34(32)42(20-22-54-58-62-66-71-72-68-64-60-56-26-24-52-5)36(39)11-9-12-37-40(3,18-10-21-53-29-57-61-65-69-70-67-63-59-55-25-23-51-4)33-28-31(74(48,49)50)15-17-35(33)41(37)19-8-6-7-13-38(43)44/h9,11-12,14-17,23-28H,6-8,10,13,18-22,29H2,1-5H3,(H2-,43,44,45,46,47,48,49,50)/p+1/b25-23-,26-24-. The van der Waals surface area contributed by atoms with Crippen LogP contribution in [0.1, 0.15) is 70.4 Å². The van der Waals surface area contributed by atoms with Gasteiger partial charge in [-0.15, -0.1) is 0 Å². The first-order valence-electron chi connectivity index (χ1n) is 21.2. The lowest BCUT2D eigenvalue weighted by Gasteiger charge is -2.30. The van der Waals surface area contributed by atoms with E-state index in [1.54, 1.807) is 22.8 Å². The first-order chi connectivity index (χ1) is 35.5. The number of rotatable bonds is 40. The number of hydrogen-bond acceptors (Lipinski definition) is 28. The second-order valence-corrected chi connectivity index (χ2v) is 18.2.